The van der Waals surface area contributed by atoms with Gasteiger partial charge in [0, 0.05) is 31.4 Å². The highest BCUT2D eigenvalue weighted by atomic mass is 16.5. The van der Waals surface area contributed by atoms with Crippen LogP contribution in [0.15, 0.2) is 24.5 Å². The fourth-order valence-electron chi connectivity index (χ4n) is 2.27. The third kappa shape index (κ3) is 2.59. The molecule has 3 rings (SSSR count). The number of H-pyrrole nitrogens is 1. The van der Waals surface area contributed by atoms with Gasteiger partial charge >= 0.3 is 0 Å². The molecule has 0 amide bonds. The molecule has 0 saturated carbocycles. The maximum atomic E-state index is 8.97. The smallest absolute Gasteiger partial charge is 0.138 e. The van der Waals surface area contributed by atoms with Crippen LogP contribution in [0.1, 0.15) is 17.0 Å². The summed E-state index contributed by atoms with van der Waals surface area (Å²) in [5, 5.41) is 16.3. The zero-order valence-electron chi connectivity index (χ0n) is 10.5. The summed E-state index contributed by atoms with van der Waals surface area (Å²) in [5.41, 5.74) is 3.25. The van der Waals surface area contributed by atoms with Gasteiger partial charge in [-0.2, -0.15) is 5.10 Å². The van der Waals surface area contributed by atoms with Gasteiger partial charge in [-0.1, -0.05) is 0 Å². The van der Waals surface area contributed by atoms with Gasteiger partial charge in [0.2, 0.25) is 0 Å². The molecule has 2 aromatic rings. The number of nitrogens with one attached hydrogen (secondary N) is 1. The Morgan fingerprint density at radius 2 is 2.37 bits per heavy atom. The zero-order valence-corrected chi connectivity index (χ0v) is 10.5. The summed E-state index contributed by atoms with van der Waals surface area (Å²) in [6.07, 6.45) is 3.40. The number of aromatic nitrogens is 3. The second-order valence-corrected chi connectivity index (χ2v) is 4.54. The summed E-state index contributed by atoms with van der Waals surface area (Å²) in [7, 11) is 0. The van der Waals surface area contributed by atoms with Crippen molar-refractivity contribution in [2.24, 2.45) is 0 Å². The lowest BCUT2D eigenvalue weighted by Crippen LogP contribution is -2.21. The van der Waals surface area contributed by atoms with E-state index in [1.54, 1.807) is 12.4 Å². The monoisotopic (exact) mass is 260 g/mol. The lowest BCUT2D eigenvalue weighted by molar-refractivity contribution is 0.195. The molecular formula is C13H16N4O2. The number of aromatic amines is 1. The van der Waals surface area contributed by atoms with Crippen molar-refractivity contribution in [1.29, 1.82) is 0 Å². The number of hydrogen-bond donors (Lipinski definition) is 2. The second kappa shape index (κ2) is 5.38. The second-order valence-electron chi connectivity index (χ2n) is 4.54. The van der Waals surface area contributed by atoms with Crippen molar-refractivity contribution < 1.29 is 9.84 Å². The van der Waals surface area contributed by atoms with E-state index in [0.29, 0.717) is 13.2 Å². The van der Waals surface area contributed by atoms with Gasteiger partial charge in [-0.05, 0) is 12.1 Å². The molecule has 2 aromatic heterocycles. The highest BCUT2D eigenvalue weighted by molar-refractivity contribution is 5.29. The van der Waals surface area contributed by atoms with Gasteiger partial charge < -0.3 is 9.84 Å². The molecule has 0 bridgehead atoms. The number of aliphatic hydroxyl groups excluding tert-OH is 1. The minimum Gasteiger partial charge on any atom is -0.486 e. The largest absolute Gasteiger partial charge is 0.486 e. The van der Waals surface area contributed by atoms with Crippen molar-refractivity contribution in [2.75, 3.05) is 13.2 Å². The van der Waals surface area contributed by atoms with Crippen LogP contribution in [0, 0.1) is 0 Å². The van der Waals surface area contributed by atoms with Crippen molar-refractivity contribution >= 4 is 0 Å². The van der Waals surface area contributed by atoms with Crippen LogP contribution in [0.5, 0.6) is 5.75 Å². The van der Waals surface area contributed by atoms with Crippen LogP contribution in [0.4, 0.5) is 0 Å². The van der Waals surface area contributed by atoms with E-state index in [1.807, 2.05) is 12.1 Å². The van der Waals surface area contributed by atoms with E-state index in [4.69, 9.17) is 9.84 Å². The average Bonchev–Trinajstić information content (AvgIpc) is 2.98. The number of hydrogen-bond acceptors (Lipinski definition) is 5. The minimum atomic E-state index is 0.180. The molecule has 6 heteroatoms. The Labute approximate surface area is 111 Å². The molecule has 2 N–H and O–H groups in total. The number of pyridine rings is 1. The van der Waals surface area contributed by atoms with E-state index in [-0.39, 0.29) is 6.61 Å². The molecule has 1 aliphatic heterocycles. The predicted octanol–water partition coefficient (Wildman–Crippen LogP) is 0.692. The fourth-order valence-corrected chi connectivity index (χ4v) is 2.27. The summed E-state index contributed by atoms with van der Waals surface area (Å²) in [6, 6.07) is 3.71. The van der Waals surface area contributed by atoms with Crippen LogP contribution in [0.3, 0.4) is 0 Å². The average molecular weight is 260 g/mol. The number of aliphatic hydroxyl groups is 1. The molecule has 19 heavy (non-hydrogen) atoms. The van der Waals surface area contributed by atoms with Gasteiger partial charge in [-0.15, -0.1) is 0 Å². The Balaban J connectivity index is 1.65. The number of nitrogens with zero attached hydrogens (tertiary/aromatic N) is 3. The first kappa shape index (κ1) is 12.1. The van der Waals surface area contributed by atoms with Crippen molar-refractivity contribution in [1.82, 2.24) is 20.1 Å². The molecule has 1 aliphatic rings. The third-order valence-corrected chi connectivity index (χ3v) is 3.23. The lowest BCUT2D eigenvalue weighted by atomic mass is 10.2. The van der Waals surface area contributed by atoms with Crippen LogP contribution in [0.25, 0.3) is 0 Å². The van der Waals surface area contributed by atoms with Gasteiger partial charge in [0.25, 0.3) is 0 Å². The van der Waals surface area contributed by atoms with E-state index in [1.165, 1.54) is 5.56 Å². The Hall–Kier alpha value is -1.92. The highest BCUT2D eigenvalue weighted by Crippen LogP contribution is 2.24. The highest BCUT2D eigenvalue weighted by Gasteiger charge is 2.24. The van der Waals surface area contributed by atoms with E-state index >= 15 is 0 Å². The maximum absolute atomic E-state index is 8.97. The maximum Gasteiger partial charge on any atom is 0.138 e. The van der Waals surface area contributed by atoms with Crippen LogP contribution in [-0.4, -0.2) is 38.3 Å². The number of fused-ring (bicyclic) bond motifs is 1. The molecule has 6 nitrogen and oxygen atoms in total. The van der Waals surface area contributed by atoms with Gasteiger partial charge in [0.15, 0.2) is 0 Å². The molecule has 0 saturated heterocycles. The molecule has 0 unspecified atom stereocenters. The van der Waals surface area contributed by atoms with Crippen molar-refractivity contribution in [3.05, 3.63) is 41.5 Å². The molecule has 0 radical (unpaired) electrons. The SMILES string of the molecule is OCCN1Cc2[nH]nc(COc3cccnc3)c2C1. The van der Waals surface area contributed by atoms with E-state index in [9.17, 15) is 0 Å². The molecule has 0 fully saturated rings. The number of rotatable bonds is 5. The Bertz CT molecular complexity index is 541. The first-order valence-electron chi connectivity index (χ1n) is 6.28. The van der Waals surface area contributed by atoms with Gasteiger partial charge in [0.1, 0.15) is 18.1 Å². The molecule has 100 valence electrons. The standard InChI is InChI=1S/C13H16N4O2/c18-5-4-17-7-11-12(8-17)15-16-13(11)9-19-10-2-1-3-14-6-10/h1-3,6,18H,4-5,7-9H2,(H,15,16). The molecular weight excluding hydrogens is 244 g/mol. The first-order chi connectivity index (χ1) is 9.36. The van der Waals surface area contributed by atoms with Crippen LogP contribution in [-0.2, 0) is 19.7 Å². The summed E-state index contributed by atoms with van der Waals surface area (Å²) in [4.78, 5) is 6.18. The van der Waals surface area contributed by atoms with Gasteiger partial charge in [-0.25, -0.2) is 0 Å². The van der Waals surface area contributed by atoms with Crippen LogP contribution < -0.4 is 4.74 Å². The zero-order chi connectivity index (χ0) is 13.1. The molecule has 0 aromatic carbocycles. The Morgan fingerprint density at radius 3 is 3.16 bits per heavy atom. The van der Waals surface area contributed by atoms with E-state index in [2.05, 4.69) is 20.1 Å². The molecule has 0 aliphatic carbocycles. The van der Waals surface area contributed by atoms with E-state index < -0.39 is 0 Å². The van der Waals surface area contributed by atoms with Gasteiger partial charge in [-0.3, -0.25) is 15.0 Å². The third-order valence-electron chi connectivity index (χ3n) is 3.23. The first-order valence-corrected chi connectivity index (χ1v) is 6.28. The van der Waals surface area contributed by atoms with E-state index in [0.717, 1.165) is 30.2 Å². The van der Waals surface area contributed by atoms with Crippen molar-refractivity contribution in [3.63, 3.8) is 0 Å². The Kier molecular flexibility index (Phi) is 3.43. The summed E-state index contributed by atoms with van der Waals surface area (Å²) in [5.74, 6) is 0.740. The lowest BCUT2D eigenvalue weighted by Gasteiger charge is -2.12. The van der Waals surface area contributed by atoms with Gasteiger partial charge in [0.05, 0.1) is 18.5 Å². The van der Waals surface area contributed by atoms with Crippen LogP contribution in [0.2, 0.25) is 0 Å². The summed E-state index contributed by atoms with van der Waals surface area (Å²) < 4.78 is 5.66. The summed E-state index contributed by atoms with van der Waals surface area (Å²) >= 11 is 0. The van der Waals surface area contributed by atoms with Crippen molar-refractivity contribution in [3.8, 4) is 5.75 Å². The molecule has 0 spiro atoms. The quantitative estimate of drug-likeness (QED) is 0.827. The topological polar surface area (TPSA) is 74.3 Å². The fraction of sp³-hybridized carbons (Fsp3) is 0.385. The Morgan fingerprint density at radius 1 is 1.42 bits per heavy atom. The summed E-state index contributed by atoms with van der Waals surface area (Å²) in [6.45, 7) is 2.93. The normalized spacial score (nSPS) is 14.6. The number of ether oxygens (including phenoxy) is 1. The molecule has 3 heterocycles. The molecule has 0 atom stereocenters. The van der Waals surface area contributed by atoms with Crippen LogP contribution >= 0.6 is 0 Å². The minimum absolute atomic E-state index is 0.180. The number of β-amino-alcohol motifs (C(OH)–C–C–N with tert-alkyl or cyclic N) is 1. The predicted molar refractivity (Wildman–Crippen MR) is 68.4 cm³/mol. The van der Waals surface area contributed by atoms with Crippen molar-refractivity contribution in [2.45, 2.75) is 19.7 Å².